The summed E-state index contributed by atoms with van der Waals surface area (Å²) in [6, 6.07) is 0. The maximum Gasteiger partial charge on any atom is 0.306 e. The molecule has 3 aliphatic rings. The third kappa shape index (κ3) is 2.74. The van der Waals surface area contributed by atoms with Gasteiger partial charge in [0, 0.05) is 5.92 Å². The summed E-state index contributed by atoms with van der Waals surface area (Å²) in [4.78, 5) is 11.7. The monoisotopic (exact) mass is 294 g/mol. The van der Waals surface area contributed by atoms with E-state index in [0.717, 1.165) is 19.3 Å². The van der Waals surface area contributed by atoms with Crippen LogP contribution in [-0.4, -0.2) is 23.8 Å². The number of hydrogen-bond acceptors (Lipinski definition) is 3. The number of fused-ring (bicyclic) bond motifs is 2. The molecule has 0 aromatic carbocycles. The van der Waals surface area contributed by atoms with E-state index in [4.69, 9.17) is 9.47 Å². The van der Waals surface area contributed by atoms with Crippen LogP contribution in [0.25, 0.3) is 0 Å². The van der Waals surface area contributed by atoms with Crippen LogP contribution < -0.4 is 0 Å². The van der Waals surface area contributed by atoms with Crippen molar-refractivity contribution in [3.63, 3.8) is 0 Å². The van der Waals surface area contributed by atoms with Gasteiger partial charge in [-0.2, -0.15) is 0 Å². The summed E-state index contributed by atoms with van der Waals surface area (Å²) in [5, 5.41) is 0. The van der Waals surface area contributed by atoms with E-state index >= 15 is 0 Å². The second-order valence-corrected chi connectivity index (χ2v) is 8.82. The highest BCUT2D eigenvalue weighted by Crippen LogP contribution is 2.57. The van der Waals surface area contributed by atoms with Crippen LogP contribution in [0.1, 0.15) is 66.7 Å². The summed E-state index contributed by atoms with van der Waals surface area (Å²) in [7, 11) is 0. The van der Waals surface area contributed by atoms with Crippen molar-refractivity contribution in [3.8, 4) is 0 Å². The standard InChI is InChI=1S/C18H30O3/c1-11-8-14-12(9-16(19)20-14)10-18(5)13(11)6-7-15(18)21-17(2,3)4/h11-15H,6-10H2,1-5H3/t11-,12+,13?,14+,15+,18+/m1/s1. The molecule has 0 aromatic rings. The highest BCUT2D eigenvalue weighted by molar-refractivity contribution is 5.72. The van der Waals surface area contributed by atoms with E-state index < -0.39 is 0 Å². The van der Waals surface area contributed by atoms with Gasteiger partial charge in [-0.05, 0) is 63.7 Å². The Morgan fingerprint density at radius 2 is 2.00 bits per heavy atom. The quantitative estimate of drug-likeness (QED) is 0.687. The highest BCUT2D eigenvalue weighted by Gasteiger charge is 2.55. The summed E-state index contributed by atoms with van der Waals surface area (Å²) in [5.41, 5.74) is 0.0968. The molecule has 0 amide bonds. The molecule has 2 aliphatic carbocycles. The minimum atomic E-state index is -0.0977. The maximum atomic E-state index is 11.7. The van der Waals surface area contributed by atoms with Gasteiger partial charge < -0.3 is 9.47 Å². The van der Waals surface area contributed by atoms with Crippen LogP contribution in [0.2, 0.25) is 0 Å². The lowest BCUT2D eigenvalue weighted by molar-refractivity contribution is -0.142. The minimum absolute atomic E-state index is 0.00513. The lowest BCUT2D eigenvalue weighted by atomic mass is 9.69. The van der Waals surface area contributed by atoms with E-state index in [0.29, 0.717) is 30.3 Å². The second kappa shape index (κ2) is 4.97. The number of hydrogen-bond donors (Lipinski definition) is 0. The zero-order valence-corrected chi connectivity index (χ0v) is 14.1. The molecule has 0 spiro atoms. The SMILES string of the molecule is C[C@@H]1C[C@@H]2OC(=O)C[C@H]2C[C@@]2(C)C1CC[C@@H]2OC(C)(C)C. The first-order valence-electron chi connectivity index (χ1n) is 8.56. The molecule has 1 heterocycles. The fraction of sp³-hybridized carbons (Fsp3) is 0.944. The van der Waals surface area contributed by atoms with E-state index in [1.807, 2.05) is 0 Å². The fourth-order valence-electron chi connectivity index (χ4n) is 5.27. The molecule has 1 unspecified atom stereocenters. The number of carbonyl (C=O) groups excluding carboxylic acids is 1. The zero-order chi connectivity index (χ0) is 15.4. The topological polar surface area (TPSA) is 35.5 Å². The second-order valence-electron chi connectivity index (χ2n) is 8.82. The molecular weight excluding hydrogens is 264 g/mol. The summed E-state index contributed by atoms with van der Waals surface area (Å²) in [6.45, 7) is 11.2. The van der Waals surface area contributed by atoms with E-state index in [2.05, 4.69) is 34.6 Å². The normalized spacial score (nSPS) is 46.7. The first-order valence-corrected chi connectivity index (χ1v) is 8.56. The molecule has 0 aromatic heterocycles. The van der Waals surface area contributed by atoms with Gasteiger partial charge in [0.1, 0.15) is 6.10 Å². The van der Waals surface area contributed by atoms with Gasteiger partial charge in [0.2, 0.25) is 0 Å². The molecule has 120 valence electrons. The Labute approximate surface area is 128 Å². The van der Waals surface area contributed by atoms with Gasteiger partial charge >= 0.3 is 5.97 Å². The van der Waals surface area contributed by atoms with Crippen molar-refractivity contribution >= 4 is 5.97 Å². The largest absolute Gasteiger partial charge is 0.462 e. The average Bonchev–Trinajstić information content (AvgIpc) is 2.77. The molecule has 2 saturated carbocycles. The molecule has 0 bridgehead atoms. The first kappa shape index (κ1) is 15.3. The average molecular weight is 294 g/mol. The smallest absolute Gasteiger partial charge is 0.306 e. The lowest BCUT2D eigenvalue weighted by Crippen LogP contribution is -2.41. The van der Waals surface area contributed by atoms with Crippen molar-refractivity contribution < 1.29 is 14.3 Å². The molecule has 1 saturated heterocycles. The van der Waals surface area contributed by atoms with Crippen LogP contribution in [-0.2, 0) is 14.3 Å². The van der Waals surface area contributed by atoms with Crippen LogP contribution in [0.15, 0.2) is 0 Å². The van der Waals surface area contributed by atoms with Crippen LogP contribution in [0.3, 0.4) is 0 Å². The van der Waals surface area contributed by atoms with E-state index in [1.54, 1.807) is 0 Å². The molecule has 0 radical (unpaired) electrons. The van der Waals surface area contributed by atoms with E-state index in [9.17, 15) is 4.79 Å². The molecule has 21 heavy (non-hydrogen) atoms. The van der Waals surface area contributed by atoms with Crippen molar-refractivity contribution in [2.45, 2.75) is 84.5 Å². The van der Waals surface area contributed by atoms with Crippen LogP contribution in [0.4, 0.5) is 0 Å². The van der Waals surface area contributed by atoms with Crippen molar-refractivity contribution in [2.24, 2.45) is 23.2 Å². The third-order valence-electron chi connectivity index (χ3n) is 6.05. The Balaban J connectivity index is 1.86. The summed E-state index contributed by atoms with van der Waals surface area (Å²) in [5.74, 6) is 1.73. The predicted octanol–water partition coefficient (Wildman–Crippen LogP) is 3.95. The summed E-state index contributed by atoms with van der Waals surface area (Å²) in [6.07, 6.45) is 5.63. The molecule has 3 nitrogen and oxygen atoms in total. The predicted molar refractivity (Wildman–Crippen MR) is 81.8 cm³/mol. The zero-order valence-electron chi connectivity index (χ0n) is 14.1. The molecule has 3 fully saturated rings. The number of carbonyl (C=O) groups is 1. The van der Waals surface area contributed by atoms with Crippen molar-refractivity contribution in [1.82, 2.24) is 0 Å². The Morgan fingerprint density at radius 1 is 1.29 bits per heavy atom. The van der Waals surface area contributed by atoms with Crippen LogP contribution in [0.5, 0.6) is 0 Å². The van der Waals surface area contributed by atoms with E-state index in [-0.39, 0.29) is 23.1 Å². The van der Waals surface area contributed by atoms with Gasteiger partial charge in [-0.3, -0.25) is 4.79 Å². The Kier molecular flexibility index (Phi) is 3.63. The number of esters is 1. The molecule has 0 N–H and O–H groups in total. The van der Waals surface area contributed by atoms with Gasteiger partial charge in [0.25, 0.3) is 0 Å². The van der Waals surface area contributed by atoms with Crippen LogP contribution >= 0.6 is 0 Å². The molecule has 1 aliphatic heterocycles. The number of rotatable bonds is 1. The molecule has 3 rings (SSSR count). The Hall–Kier alpha value is -0.570. The third-order valence-corrected chi connectivity index (χ3v) is 6.05. The molecule has 6 atom stereocenters. The van der Waals surface area contributed by atoms with Crippen LogP contribution in [0, 0.1) is 23.2 Å². The minimum Gasteiger partial charge on any atom is -0.462 e. The molecular formula is C18H30O3. The van der Waals surface area contributed by atoms with Gasteiger partial charge in [-0.1, -0.05) is 13.8 Å². The Bertz CT molecular complexity index is 425. The first-order chi connectivity index (χ1) is 9.69. The summed E-state index contributed by atoms with van der Waals surface area (Å²) < 4.78 is 12.0. The molecule has 3 heteroatoms. The van der Waals surface area contributed by atoms with Gasteiger partial charge in [-0.15, -0.1) is 0 Å². The van der Waals surface area contributed by atoms with Crippen molar-refractivity contribution in [2.75, 3.05) is 0 Å². The Morgan fingerprint density at radius 3 is 2.67 bits per heavy atom. The van der Waals surface area contributed by atoms with Gasteiger partial charge in [0.15, 0.2) is 0 Å². The van der Waals surface area contributed by atoms with Gasteiger partial charge in [-0.25, -0.2) is 0 Å². The summed E-state index contributed by atoms with van der Waals surface area (Å²) >= 11 is 0. The number of ether oxygens (including phenoxy) is 2. The van der Waals surface area contributed by atoms with Crippen molar-refractivity contribution in [3.05, 3.63) is 0 Å². The maximum absolute atomic E-state index is 11.7. The van der Waals surface area contributed by atoms with E-state index in [1.165, 1.54) is 6.42 Å². The highest BCUT2D eigenvalue weighted by atomic mass is 16.6. The van der Waals surface area contributed by atoms with Gasteiger partial charge in [0.05, 0.1) is 18.1 Å². The van der Waals surface area contributed by atoms with Crippen molar-refractivity contribution in [1.29, 1.82) is 0 Å². The lowest BCUT2D eigenvalue weighted by Gasteiger charge is -2.41. The fourth-order valence-corrected chi connectivity index (χ4v) is 5.27.